The summed E-state index contributed by atoms with van der Waals surface area (Å²) in [7, 11) is 0. The Bertz CT molecular complexity index is 1500. The Morgan fingerprint density at radius 3 is 1.76 bits per heavy atom. The first-order valence-electron chi connectivity index (χ1n) is 11.5. The first-order valence-corrected chi connectivity index (χ1v) is 12.3. The van der Waals surface area contributed by atoms with Crippen LogP contribution in [-0.4, -0.2) is 11.8 Å². The van der Waals surface area contributed by atoms with E-state index < -0.39 is 0 Å². The number of benzene rings is 4. The van der Waals surface area contributed by atoms with Gasteiger partial charge in [0.15, 0.2) is 0 Å². The van der Waals surface area contributed by atoms with Crippen LogP contribution in [0, 0.1) is 0 Å². The van der Waals surface area contributed by atoms with Crippen molar-refractivity contribution >= 4 is 69.9 Å². The maximum absolute atomic E-state index is 12.7. The molecule has 0 fully saturated rings. The number of carbonyl (C=O) groups excluding carboxylic acids is 2. The van der Waals surface area contributed by atoms with Crippen molar-refractivity contribution in [1.29, 1.82) is 0 Å². The zero-order chi connectivity index (χ0) is 26.7. The largest absolute Gasteiger partial charge is 0.322 e. The van der Waals surface area contributed by atoms with E-state index in [1.807, 2.05) is 42.5 Å². The lowest BCUT2D eigenvalue weighted by molar-refractivity contribution is -0.112. The van der Waals surface area contributed by atoms with Gasteiger partial charge in [0.1, 0.15) is 5.69 Å². The highest BCUT2D eigenvalue weighted by molar-refractivity contribution is 6.30. The Kier molecular flexibility index (Phi) is 9.18. The molecule has 4 aromatic rings. The van der Waals surface area contributed by atoms with Crippen LogP contribution in [0.15, 0.2) is 119 Å². The molecule has 0 saturated heterocycles. The first kappa shape index (κ1) is 26.5. The van der Waals surface area contributed by atoms with Gasteiger partial charge in [-0.25, -0.2) is 0 Å². The van der Waals surface area contributed by atoms with Crippen molar-refractivity contribution in [2.75, 3.05) is 10.6 Å². The van der Waals surface area contributed by atoms with Crippen LogP contribution in [-0.2, 0) is 9.59 Å². The molecule has 188 valence electrons. The topological polar surface area (TPSA) is 82.9 Å². The summed E-state index contributed by atoms with van der Waals surface area (Å²) in [5, 5.41) is 15.4. The number of carbonyl (C=O) groups is 2. The summed E-state index contributed by atoms with van der Waals surface area (Å²) in [6.45, 7) is 0. The summed E-state index contributed by atoms with van der Waals surface area (Å²) in [6, 6.07) is 28.4. The average Bonchev–Trinajstić information content (AvgIpc) is 2.92. The number of hydrogen-bond acceptors (Lipinski definition) is 4. The van der Waals surface area contributed by atoms with Gasteiger partial charge in [-0.1, -0.05) is 65.7 Å². The van der Waals surface area contributed by atoms with Crippen LogP contribution in [0.3, 0.4) is 0 Å². The van der Waals surface area contributed by atoms with Gasteiger partial charge in [-0.2, -0.15) is 5.11 Å². The molecule has 0 heterocycles. The third-order valence-electron chi connectivity index (χ3n) is 5.15. The molecule has 0 atom stereocenters. The minimum absolute atomic E-state index is 0.335. The molecule has 8 heteroatoms. The second-order valence-corrected chi connectivity index (χ2v) is 8.89. The highest BCUT2D eigenvalue weighted by Gasteiger charge is 2.08. The summed E-state index contributed by atoms with van der Waals surface area (Å²) >= 11 is 11.8. The minimum Gasteiger partial charge on any atom is -0.322 e. The van der Waals surface area contributed by atoms with Gasteiger partial charge in [0, 0.05) is 27.9 Å². The van der Waals surface area contributed by atoms with E-state index in [4.69, 9.17) is 23.2 Å². The molecule has 2 N–H and O–H groups in total. The van der Waals surface area contributed by atoms with E-state index in [9.17, 15) is 9.59 Å². The van der Waals surface area contributed by atoms with E-state index >= 15 is 0 Å². The van der Waals surface area contributed by atoms with Crippen molar-refractivity contribution in [3.63, 3.8) is 0 Å². The van der Waals surface area contributed by atoms with Crippen LogP contribution >= 0.6 is 23.2 Å². The van der Waals surface area contributed by atoms with E-state index in [-0.39, 0.29) is 11.8 Å². The molecule has 0 unspecified atom stereocenters. The first-order chi connectivity index (χ1) is 18.4. The predicted octanol–water partition coefficient (Wildman–Crippen LogP) is 8.71. The van der Waals surface area contributed by atoms with Crippen molar-refractivity contribution in [2.24, 2.45) is 10.2 Å². The lowest BCUT2D eigenvalue weighted by Crippen LogP contribution is -2.10. The minimum atomic E-state index is -0.373. The van der Waals surface area contributed by atoms with Crippen LogP contribution in [0.1, 0.15) is 11.1 Å². The molecular formula is C30H22Cl2N4O2. The molecule has 0 bridgehead atoms. The zero-order valence-corrected chi connectivity index (χ0v) is 21.5. The number of hydrogen-bond donors (Lipinski definition) is 2. The summed E-state index contributed by atoms with van der Waals surface area (Å²) in [6.07, 6.45) is 6.17. The van der Waals surface area contributed by atoms with Gasteiger partial charge in [-0.3, -0.25) is 9.59 Å². The maximum atomic E-state index is 12.7. The lowest BCUT2D eigenvalue weighted by Gasteiger charge is -2.09. The fourth-order valence-electron chi connectivity index (χ4n) is 3.26. The average molecular weight is 541 g/mol. The van der Waals surface area contributed by atoms with Crippen molar-refractivity contribution in [2.45, 2.75) is 0 Å². The summed E-state index contributed by atoms with van der Waals surface area (Å²) < 4.78 is 0. The van der Waals surface area contributed by atoms with Gasteiger partial charge in [0.2, 0.25) is 11.8 Å². The summed E-state index contributed by atoms with van der Waals surface area (Å²) in [5.41, 5.74) is 3.61. The molecule has 4 rings (SSSR count). The Morgan fingerprint density at radius 1 is 0.632 bits per heavy atom. The fourth-order valence-corrected chi connectivity index (χ4v) is 3.51. The van der Waals surface area contributed by atoms with Gasteiger partial charge in [0.25, 0.3) is 0 Å². The van der Waals surface area contributed by atoms with Crippen LogP contribution in [0.2, 0.25) is 10.0 Å². The number of azo groups is 1. The van der Waals surface area contributed by atoms with Gasteiger partial charge in [-0.15, -0.1) is 5.11 Å². The van der Waals surface area contributed by atoms with E-state index in [1.165, 1.54) is 12.2 Å². The van der Waals surface area contributed by atoms with E-state index in [2.05, 4.69) is 20.9 Å². The number of amides is 2. The summed E-state index contributed by atoms with van der Waals surface area (Å²) in [5.74, 6) is -0.708. The molecule has 0 aromatic heterocycles. The van der Waals surface area contributed by atoms with Gasteiger partial charge in [0.05, 0.1) is 11.4 Å². The molecular weight excluding hydrogens is 519 g/mol. The molecule has 0 radical (unpaired) electrons. The van der Waals surface area contributed by atoms with Crippen molar-refractivity contribution in [1.82, 2.24) is 0 Å². The molecule has 4 aromatic carbocycles. The van der Waals surface area contributed by atoms with Crippen LogP contribution in [0.25, 0.3) is 12.2 Å². The van der Waals surface area contributed by atoms with Gasteiger partial charge < -0.3 is 10.6 Å². The monoisotopic (exact) mass is 540 g/mol. The van der Waals surface area contributed by atoms with Crippen LogP contribution < -0.4 is 10.6 Å². The SMILES string of the molecule is O=C(C=Cc1ccc(Cl)cc1)Nc1ccc(N=Nc2ccccc2)c(NC(=O)C=Cc2ccc(Cl)cc2)c1. The molecule has 6 nitrogen and oxygen atoms in total. The number of rotatable bonds is 8. The molecule has 0 aliphatic carbocycles. The molecule has 0 saturated carbocycles. The molecule has 38 heavy (non-hydrogen) atoms. The number of nitrogens with one attached hydrogen (secondary N) is 2. The van der Waals surface area contributed by atoms with Crippen molar-refractivity contribution in [3.05, 3.63) is 130 Å². The Hall–Kier alpha value is -4.52. The van der Waals surface area contributed by atoms with Crippen LogP contribution in [0.4, 0.5) is 22.7 Å². The smallest absolute Gasteiger partial charge is 0.248 e. The molecule has 2 amide bonds. The van der Waals surface area contributed by atoms with Crippen molar-refractivity contribution in [3.8, 4) is 0 Å². The Morgan fingerprint density at radius 2 is 1.18 bits per heavy atom. The highest BCUT2D eigenvalue weighted by Crippen LogP contribution is 2.30. The molecule has 0 aliphatic rings. The standard InChI is InChI=1S/C30H22Cl2N4O2/c31-23-12-6-21(7-13-23)10-18-29(37)33-26-16-17-27(36-35-25-4-2-1-3-5-25)28(20-26)34-30(38)19-11-22-8-14-24(32)15-9-22/h1-20H,(H,33,37)(H,34,38). The van der Waals surface area contributed by atoms with Crippen molar-refractivity contribution < 1.29 is 9.59 Å². The number of nitrogens with zero attached hydrogens (tertiary/aromatic N) is 2. The lowest BCUT2D eigenvalue weighted by atomic mass is 10.2. The van der Waals surface area contributed by atoms with Gasteiger partial charge in [-0.05, 0) is 77.9 Å². The normalized spacial score (nSPS) is 11.3. The quantitative estimate of drug-likeness (QED) is 0.173. The third-order valence-corrected chi connectivity index (χ3v) is 5.65. The number of halogens is 2. The zero-order valence-electron chi connectivity index (χ0n) is 20.0. The maximum Gasteiger partial charge on any atom is 0.248 e. The van der Waals surface area contributed by atoms with Crippen LogP contribution in [0.5, 0.6) is 0 Å². The van der Waals surface area contributed by atoms with E-state index in [0.29, 0.717) is 32.8 Å². The Balaban J connectivity index is 1.52. The number of anilines is 2. The molecule has 0 spiro atoms. The molecule has 0 aliphatic heterocycles. The summed E-state index contributed by atoms with van der Waals surface area (Å²) in [4.78, 5) is 25.2. The van der Waals surface area contributed by atoms with Gasteiger partial charge >= 0.3 is 0 Å². The second-order valence-electron chi connectivity index (χ2n) is 8.02. The third kappa shape index (κ3) is 8.27. The highest BCUT2D eigenvalue weighted by atomic mass is 35.5. The van der Waals surface area contributed by atoms with E-state index in [1.54, 1.807) is 66.7 Å². The predicted molar refractivity (Wildman–Crippen MR) is 155 cm³/mol. The Labute approximate surface area is 230 Å². The second kappa shape index (κ2) is 13.1. The van der Waals surface area contributed by atoms with E-state index in [0.717, 1.165) is 11.1 Å². The fraction of sp³-hybridized carbons (Fsp3) is 0.